The van der Waals surface area contributed by atoms with Gasteiger partial charge in [-0.2, -0.15) is 0 Å². The van der Waals surface area contributed by atoms with Crippen LogP contribution in [0.4, 0.5) is 0 Å². The van der Waals surface area contributed by atoms with Gasteiger partial charge in [-0.3, -0.25) is 0 Å². The Morgan fingerprint density at radius 3 is 2.53 bits per heavy atom. The molecule has 0 spiro atoms. The van der Waals surface area contributed by atoms with Gasteiger partial charge in [0.25, 0.3) is 0 Å². The van der Waals surface area contributed by atoms with E-state index in [2.05, 4.69) is 13.8 Å². The van der Waals surface area contributed by atoms with Crippen LogP contribution in [-0.2, 0) is 11.2 Å². The van der Waals surface area contributed by atoms with Crippen molar-refractivity contribution in [1.29, 1.82) is 0 Å². The summed E-state index contributed by atoms with van der Waals surface area (Å²) in [6, 6.07) is 3.97. The predicted octanol–water partition coefficient (Wildman–Crippen LogP) is 2.94. The fraction of sp³-hybridized carbons (Fsp3) is 0.636. The highest BCUT2D eigenvalue weighted by atomic mass is 35.5. The van der Waals surface area contributed by atoms with Crippen molar-refractivity contribution >= 4 is 22.9 Å². The zero-order chi connectivity index (χ0) is 11.4. The van der Waals surface area contributed by atoms with Crippen LogP contribution in [0.1, 0.15) is 18.7 Å². The monoisotopic (exact) mass is 247 g/mol. The minimum absolute atomic E-state index is 0.0321. The Hall–Kier alpha value is -0.0900. The Morgan fingerprint density at radius 2 is 2.13 bits per heavy atom. The maximum atomic E-state index is 6.11. The van der Waals surface area contributed by atoms with Crippen molar-refractivity contribution in [3.05, 3.63) is 21.3 Å². The molecule has 1 heterocycles. The van der Waals surface area contributed by atoms with Crippen LogP contribution in [0.15, 0.2) is 12.1 Å². The van der Waals surface area contributed by atoms with E-state index in [1.165, 1.54) is 4.88 Å². The zero-order valence-corrected chi connectivity index (χ0v) is 10.9. The quantitative estimate of drug-likeness (QED) is 0.868. The van der Waals surface area contributed by atoms with E-state index in [4.69, 9.17) is 22.1 Å². The molecule has 1 rings (SSSR count). The lowest BCUT2D eigenvalue weighted by atomic mass is 9.97. The second-order valence-corrected chi connectivity index (χ2v) is 5.82. The van der Waals surface area contributed by atoms with Crippen LogP contribution in [0.5, 0.6) is 0 Å². The van der Waals surface area contributed by atoms with E-state index in [0.29, 0.717) is 5.92 Å². The molecule has 2 atom stereocenters. The zero-order valence-electron chi connectivity index (χ0n) is 9.37. The maximum absolute atomic E-state index is 6.11. The van der Waals surface area contributed by atoms with Crippen molar-refractivity contribution in [3.8, 4) is 0 Å². The predicted molar refractivity (Wildman–Crippen MR) is 66.6 cm³/mol. The Labute approximate surface area is 100 Å². The number of methoxy groups -OCH3 is 1. The molecule has 0 saturated heterocycles. The number of halogens is 1. The largest absolute Gasteiger partial charge is 0.380 e. The van der Waals surface area contributed by atoms with Crippen LogP contribution in [0.25, 0.3) is 0 Å². The second-order valence-electron chi connectivity index (χ2n) is 4.02. The van der Waals surface area contributed by atoms with E-state index in [1.54, 1.807) is 18.4 Å². The van der Waals surface area contributed by atoms with Crippen LogP contribution >= 0.6 is 22.9 Å². The molecule has 0 radical (unpaired) electrons. The first kappa shape index (κ1) is 13.0. The normalized spacial score (nSPS) is 15.6. The van der Waals surface area contributed by atoms with Gasteiger partial charge in [0.15, 0.2) is 0 Å². The van der Waals surface area contributed by atoms with Gasteiger partial charge in [-0.05, 0) is 24.5 Å². The van der Waals surface area contributed by atoms with Crippen molar-refractivity contribution in [1.82, 2.24) is 0 Å². The lowest BCUT2D eigenvalue weighted by Crippen LogP contribution is -2.41. The lowest BCUT2D eigenvalue weighted by Gasteiger charge is -2.25. The van der Waals surface area contributed by atoms with Gasteiger partial charge >= 0.3 is 0 Å². The van der Waals surface area contributed by atoms with E-state index in [-0.39, 0.29) is 12.1 Å². The van der Waals surface area contributed by atoms with Gasteiger partial charge in [-0.1, -0.05) is 25.4 Å². The van der Waals surface area contributed by atoms with E-state index >= 15 is 0 Å². The lowest BCUT2D eigenvalue weighted by molar-refractivity contribution is 0.0443. The van der Waals surface area contributed by atoms with Gasteiger partial charge in [-0.15, -0.1) is 11.3 Å². The molecular formula is C11H18ClNOS. The molecule has 15 heavy (non-hydrogen) atoms. The van der Waals surface area contributed by atoms with Crippen molar-refractivity contribution in [2.24, 2.45) is 11.7 Å². The van der Waals surface area contributed by atoms with Crippen molar-refractivity contribution in [2.45, 2.75) is 32.4 Å². The number of nitrogens with two attached hydrogens (primary N) is 1. The van der Waals surface area contributed by atoms with Crippen molar-refractivity contribution in [2.75, 3.05) is 7.11 Å². The Kier molecular flexibility index (Phi) is 5.06. The van der Waals surface area contributed by atoms with Crippen LogP contribution in [0.2, 0.25) is 4.34 Å². The van der Waals surface area contributed by atoms with Gasteiger partial charge < -0.3 is 10.5 Å². The molecule has 4 heteroatoms. The number of hydrogen-bond donors (Lipinski definition) is 1. The fourth-order valence-corrected chi connectivity index (χ4v) is 2.91. The van der Waals surface area contributed by atoms with Crippen LogP contribution in [0, 0.1) is 5.92 Å². The van der Waals surface area contributed by atoms with E-state index < -0.39 is 0 Å². The average Bonchev–Trinajstić information content (AvgIpc) is 2.51. The highest BCUT2D eigenvalue weighted by molar-refractivity contribution is 7.16. The highest BCUT2D eigenvalue weighted by Gasteiger charge is 2.21. The minimum atomic E-state index is 0.0321. The molecule has 86 valence electrons. The Balaban J connectivity index is 2.57. The Bertz CT molecular complexity index is 301. The molecular weight excluding hydrogens is 230 g/mol. The molecule has 0 bridgehead atoms. The van der Waals surface area contributed by atoms with Gasteiger partial charge in [0.1, 0.15) is 0 Å². The first-order chi connectivity index (χ1) is 7.04. The smallest absolute Gasteiger partial charge is 0.0931 e. The van der Waals surface area contributed by atoms with Crippen LogP contribution < -0.4 is 5.73 Å². The molecule has 0 aliphatic rings. The third-order valence-electron chi connectivity index (χ3n) is 2.42. The van der Waals surface area contributed by atoms with Gasteiger partial charge in [-0.25, -0.2) is 0 Å². The molecule has 0 saturated carbocycles. The molecule has 0 aliphatic heterocycles. The van der Waals surface area contributed by atoms with E-state index in [1.807, 2.05) is 12.1 Å². The highest BCUT2D eigenvalue weighted by Crippen LogP contribution is 2.23. The summed E-state index contributed by atoms with van der Waals surface area (Å²) in [6.07, 6.45) is 0.930. The molecule has 1 aromatic rings. The summed E-state index contributed by atoms with van der Waals surface area (Å²) in [7, 11) is 1.71. The summed E-state index contributed by atoms with van der Waals surface area (Å²) in [5.41, 5.74) is 6.11. The summed E-state index contributed by atoms with van der Waals surface area (Å²) in [5, 5.41) is 0. The molecule has 2 unspecified atom stereocenters. The summed E-state index contributed by atoms with van der Waals surface area (Å²) in [5.74, 6) is 0.431. The third-order valence-corrected chi connectivity index (χ3v) is 3.67. The summed E-state index contributed by atoms with van der Waals surface area (Å²) >= 11 is 7.45. The van der Waals surface area contributed by atoms with E-state index in [9.17, 15) is 0 Å². The SMILES string of the molecule is COC(C(C)C)C(N)Cc1ccc(Cl)s1. The van der Waals surface area contributed by atoms with E-state index in [0.717, 1.165) is 10.8 Å². The standard InChI is InChI=1S/C11H18ClNOS/c1-7(2)11(14-3)9(13)6-8-4-5-10(12)15-8/h4-5,7,9,11H,6,13H2,1-3H3. The second kappa shape index (κ2) is 5.85. The molecule has 1 aromatic heterocycles. The average molecular weight is 248 g/mol. The van der Waals surface area contributed by atoms with Crippen molar-refractivity contribution < 1.29 is 4.74 Å². The fourth-order valence-electron chi connectivity index (χ4n) is 1.75. The van der Waals surface area contributed by atoms with Gasteiger partial charge in [0, 0.05) is 18.0 Å². The first-order valence-electron chi connectivity index (χ1n) is 5.07. The number of hydrogen-bond acceptors (Lipinski definition) is 3. The topological polar surface area (TPSA) is 35.2 Å². The number of ether oxygens (including phenoxy) is 1. The van der Waals surface area contributed by atoms with Gasteiger partial charge in [0.2, 0.25) is 0 Å². The molecule has 2 N–H and O–H groups in total. The molecule has 0 aliphatic carbocycles. The number of thiophene rings is 1. The molecule has 0 aromatic carbocycles. The summed E-state index contributed by atoms with van der Waals surface area (Å²) in [4.78, 5) is 1.22. The summed E-state index contributed by atoms with van der Waals surface area (Å²) in [6.45, 7) is 4.24. The third kappa shape index (κ3) is 3.76. The minimum Gasteiger partial charge on any atom is -0.380 e. The molecule has 2 nitrogen and oxygen atoms in total. The van der Waals surface area contributed by atoms with Crippen LogP contribution in [0.3, 0.4) is 0 Å². The summed E-state index contributed by atoms with van der Waals surface area (Å²) < 4.78 is 6.21. The molecule has 0 amide bonds. The first-order valence-corrected chi connectivity index (χ1v) is 6.26. The number of rotatable bonds is 5. The van der Waals surface area contributed by atoms with Crippen LogP contribution in [-0.4, -0.2) is 19.3 Å². The van der Waals surface area contributed by atoms with Crippen molar-refractivity contribution in [3.63, 3.8) is 0 Å². The Morgan fingerprint density at radius 1 is 1.47 bits per heavy atom. The van der Waals surface area contributed by atoms with Gasteiger partial charge in [0.05, 0.1) is 10.4 Å². The molecule has 0 fully saturated rings. The maximum Gasteiger partial charge on any atom is 0.0931 e.